The number of aromatic nitrogens is 1. The number of carbonyl (C=O) groups excluding carboxylic acids is 4. The summed E-state index contributed by atoms with van der Waals surface area (Å²) in [4.78, 5) is 61.8. The third kappa shape index (κ3) is 8.81. The molecule has 3 saturated heterocycles. The van der Waals surface area contributed by atoms with Gasteiger partial charge in [-0.25, -0.2) is 9.37 Å². The Kier molecular flexibility index (Phi) is 12.6. The Balaban J connectivity index is 0.964. The van der Waals surface area contributed by atoms with Crippen LogP contribution in [-0.4, -0.2) is 100.0 Å². The van der Waals surface area contributed by atoms with E-state index >= 15 is 0 Å². The number of pyridine rings is 1. The molecule has 1 saturated carbocycles. The van der Waals surface area contributed by atoms with E-state index in [-0.39, 0.29) is 59.3 Å². The predicted octanol–water partition coefficient (Wildman–Crippen LogP) is 5.92. The van der Waals surface area contributed by atoms with Crippen LogP contribution in [0.2, 0.25) is 0 Å². The minimum absolute atomic E-state index is 0.00498. The number of thiocarbonyl (C=S) groups is 1. The van der Waals surface area contributed by atoms with Gasteiger partial charge in [0.15, 0.2) is 10.8 Å². The summed E-state index contributed by atoms with van der Waals surface area (Å²) in [6.45, 7) is 10.3. The lowest BCUT2D eigenvalue weighted by Crippen LogP contribution is -2.58. The molecule has 3 N–H and O–H groups in total. The number of nitrogens with one attached hydrogen (secondary N) is 3. The van der Waals surface area contributed by atoms with E-state index < -0.39 is 46.6 Å². The van der Waals surface area contributed by atoms with Crippen molar-refractivity contribution in [3.8, 4) is 11.8 Å². The van der Waals surface area contributed by atoms with Crippen LogP contribution < -0.4 is 30.5 Å². The molecule has 328 valence electrons. The minimum atomic E-state index is -4.86. The number of halogens is 4. The Morgan fingerprint density at radius 1 is 1.08 bits per heavy atom. The first-order valence-electron chi connectivity index (χ1n) is 20.5. The van der Waals surface area contributed by atoms with Crippen molar-refractivity contribution in [1.29, 1.82) is 5.26 Å². The number of piperazine rings is 1. The summed E-state index contributed by atoms with van der Waals surface area (Å²) >= 11 is 5.81. The van der Waals surface area contributed by atoms with Crippen LogP contribution in [0.3, 0.4) is 0 Å². The van der Waals surface area contributed by atoms with E-state index in [1.807, 2.05) is 39.8 Å². The van der Waals surface area contributed by atoms with Crippen molar-refractivity contribution in [2.24, 2.45) is 0 Å². The second-order valence-electron chi connectivity index (χ2n) is 16.6. The van der Waals surface area contributed by atoms with Crippen molar-refractivity contribution in [2.45, 2.75) is 95.6 Å². The number of piperidine rings is 1. The number of nitrogens with zero attached hydrogens (tertiary/aromatic N) is 6. The fraction of sp³-hybridized carbons (Fsp3) is 0.465. The maximum atomic E-state index is 14.8. The van der Waals surface area contributed by atoms with Crippen molar-refractivity contribution < 1.29 is 41.5 Å². The Labute approximate surface area is 361 Å². The lowest BCUT2D eigenvalue weighted by Gasteiger charge is -2.44. The van der Waals surface area contributed by atoms with Crippen molar-refractivity contribution in [1.82, 2.24) is 20.1 Å². The number of ether oxygens (including phenoxy) is 1. The maximum absolute atomic E-state index is 14.8. The Hall–Kier alpha value is -5.71. The molecule has 3 atom stereocenters. The molecule has 4 amide bonds. The van der Waals surface area contributed by atoms with Crippen LogP contribution in [0.5, 0.6) is 5.75 Å². The zero-order chi connectivity index (χ0) is 44.7. The van der Waals surface area contributed by atoms with Crippen molar-refractivity contribution in [3.05, 3.63) is 71.3 Å². The van der Waals surface area contributed by atoms with Gasteiger partial charge in [0.1, 0.15) is 35.8 Å². The highest BCUT2D eigenvalue weighted by atomic mass is 32.1. The van der Waals surface area contributed by atoms with Crippen LogP contribution in [-0.2, 0) is 25.4 Å². The van der Waals surface area contributed by atoms with Gasteiger partial charge in [-0.1, -0.05) is 13.8 Å². The lowest BCUT2D eigenvalue weighted by molar-refractivity contribution is -0.138. The lowest BCUT2D eigenvalue weighted by atomic mass is 9.75. The molecule has 7 rings (SSSR count). The molecule has 14 nitrogen and oxygen atoms in total. The molecule has 3 aliphatic heterocycles. The number of hydrogen-bond acceptors (Lipinski definition) is 11. The number of amides is 4. The number of rotatable bonds is 12. The Morgan fingerprint density at radius 2 is 1.81 bits per heavy atom. The van der Waals surface area contributed by atoms with Crippen LogP contribution in [0.1, 0.15) is 82.5 Å². The third-order valence-corrected chi connectivity index (χ3v) is 12.4. The molecule has 62 heavy (non-hydrogen) atoms. The highest BCUT2D eigenvalue weighted by Crippen LogP contribution is 2.49. The maximum Gasteiger partial charge on any atom is 0.419 e. The molecule has 19 heteroatoms. The van der Waals surface area contributed by atoms with Gasteiger partial charge in [0.05, 0.1) is 29.7 Å². The fourth-order valence-electron chi connectivity index (χ4n) is 8.69. The van der Waals surface area contributed by atoms with Gasteiger partial charge < -0.3 is 20.3 Å². The summed E-state index contributed by atoms with van der Waals surface area (Å²) in [7, 11) is 0. The summed E-state index contributed by atoms with van der Waals surface area (Å²) in [6.07, 6.45) is -1.66. The highest BCUT2D eigenvalue weighted by Gasteiger charge is 2.60. The van der Waals surface area contributed by atoms with Crippen LogP contribution in [0.15, 0.2) is 48.7 Å². The number of imide groups is 1. The summed E-state index contributed by atoms with van der Waals surface area (Å²) < 4.78 is 62.7. The summed E-state index contributed by atoms with van der Waals surface area (Å²) in [5, 5.41) is 17.2. The topological polar surface area (TPSA) is 163 Å². The zero-order valence-corrected chi connectivity index (χ0v) is 35.5. The second-order valence-corrected chi connectivity index (χ2v) is 17.0. The predicted molar refractivity (Wildman–Crippen MR) is 226 cm³/mol. The molecule has 4 fully saturated rings. The van der Waals surface area contributed by atoms with Gasteiger partial charge in [0, 0.05) is 49.5 Å². The highest BCUT2D eigenvalue weighted by molar-refractivity contribution is 7.81. The van der Waals surface area contributed by atoms with E-state index in [2.05, 4.69) is 30.7 Å². The first kappa shape index (κ1) is 44.3. The standard InChI is InChI=1S/C43H47F4N9O5S/c1-24(2)30-17-28(56-41(62)55(40(60)42(56)12-5-13-42)29-18-31(43(45,46)47)35(19-48)49-20-29)7-10-36(30)61-15-14-53-21-25(3)54(26(4)22-53)23-38(58)51-34-16-27(6-8-32(34)44)50-33-9-11-37(57)52-39(33)59/h6-8,10,16-18,20,24-26,33,50H,5,9,11-15,21-23H2,1-4H3,(H,51,58)(H,52,57,59)/t25-,26+,33?. The molecule has 0 radical (unpaired) electrons. The molecule has 1 unspecified atom stereocenters. The normalized spacial score (nSPS) is 21.8. The van der Waals surface area contributed by atoms with Crippen molar-refractivity contribution in [3.63, 3.8) is 0 Å². The number of anilines is 4. The molecular formula is C43H47F4N9O5S. The smallest absolute Gasteiger partial charge is 0.419 e. The van der Waals surface area contributed by atoms with E-state index in [4.69, 9.17) is 17.0 Å². The third-order valence-electron chi connectivity index (χ3n) is 12.0. The first-order chi connectivity index (χ1) is 29.4. The molecule has 2 aromatic carbocycles. The van der Waals surface area contributed by atoms with Crippen molar-refractivity contribution in [2.75, 3.05) is 53.2 Å². The summed E-state index contributed by atoms with van der Waals surface area (Å²) in [6, 6.07) is 11.1. The molecule has 1 aromatic heterocycles. The second kappa shape index (κ2) is 17.6. The quantitative estimate of drug-likeness (QED) is 0.112. The SMILES string of the molecule is CC(C)c1cc(N2C(=S)N(c3cnc(C#N)c(C(F)(F)F)c3)C(=O)C23CCC3)ccc1OCCN1C[C@@H](C)N(CC(=O)Nc2cc(NC3CCC(=O)NC3=O)ccc2F)[C@@H](C)C1. The fourth-order valence-corrected chi connectivity index (χ4v) is 9.16. The number of nitriles is 1. The molecular weight excluding hydrogens is 831 g/mol. The zero-order valence-electron chi connectivity index (χ0n) is 34.6. The molecule has 3 aromatic rings. The molecule has 1 spiro atoms. The Bertz CT molecular complexity index is 2320. The Morgan fingerprint density at radius 3 is 2.44 bits per heavy atom. The average molecular weight is 878 g/mol. The molecule has 4 aliphatic rings. The number of carbonyl (C=O) groups is 4. The minimum Gasteiger partial charge on any atom is -0.492 e. The van der Waals surface area contributed by atoms with Crippen LogP contribution in [0.4, 0.5) is 40.3 Å². The van der Waals surface area contributed by atoms with Crippen molar-refractivity contribution >= 4 is 63.7 Å². The van der Waals surface area contributed by atoms with Gasteiger partial charge >= 0.3 is 6.18 Å². The van der Waals surface area contributed by atoms with Gasteiger partial charge in [-0.15, -0.1) is 0 Å². The van der Waals surface area contributed by atoms with Crippen LogP contribution >= 0.6 is 12.2 Å². The van der Waals surface area contributed by atoms with Gasteiger partial charge in [-0.05, 0) is 106 Å². The van der Waals surface area contributed by atoms with Crippen LogP contribution in [0, 0.1) is 17.1 Å². The van der Waals surface area contributed by atoms with Gasteiger partial charge in [-0.3, -0.25) is 39.2 Å². The molecule has 4 heterocycles. The van der Waals surface area contributed by atoms with E-state index in [1.54, 1.807) is 11.0 Å². The average Bonchev–Trinajstić information content (AvgIpc) is 3.44. The molecule has 0 bridgehead atoms. The first-order valence-corrected chi connectivity index (χ1v) is 20.9. The van der Waals surface area contributed by atoms with Crippen LogP contribution in [0.25, 0.3) is 0 Å². The molecule has 1 aliphatic carbocycles. The summed E-state index contributed by atoms with van der Waals surface area (Å²) in [5.41, 5.74) is -1.38. The van der Waals surface area contributed by atoms with E-state index in [9.17, 15) is 42.0 Å². The van der Waals surface area contributed by atoms with E-state index in [0.29, 0.717) is 62.6 Å². The number of alkyl halides is 3. The van der Waals surface area contributed by atoms with Gasteiger partial charge in [0.2, 0.25) is 17.7 Å². The van der Waals surface area contributed by atoms with E-state index in [1.165, 1.54) is 24.3 Å². The van der Waals surface area contributed by atoms with E-state index in [0.717, 1.165) is 29.1 Å². The number of hydrogen-bond donors (Lipinski definition) is 3. The number of benzene rings is 2. The largest absolute Gasteiger partial charge is 0.492 e. The van der Waals surface area contributed by atoms with Gasteiger partial charge in [0.25, 0.3) is 5.91 Å². The summed E-state index contributed by atoms with van der Waals surface area (Å²) in [5.74, 6) is -1.62. The monoisotopic (exact) mass is 877 g/mol. The van der Waals surface area contributed by atoms with Gasteiger partial charge in [-0.2, -0.15) is 18.4 Å².